The van der Waals surface area contributed by atoms with E-state index >= 15 is 0 Å². The zero-order chi connectivity index (χ0) is 36.1. The first kappa shape index (κ1) is 36.6. The van der Waals surface area contributed by atoms with Gasteiger partial charge in [0.05, 0.1) is 29.8 Å². The number of ketones is 1. The summed E-state index contributed by atoms with van der Waals surface area (Å²) in [5, 5.41) is 7.22. The van der Waals surface area contributed by atoms with Gasteiger partial charge in [0.15, 0.2) is 5.78 Å². The van der Waals surface area contributed by atoms with Crippen LogP contribution in [0.1, 0.15) is 24.0 Å². The molecule has 0 saturated heterocycles. The summed E-state index contributed by atoms with van der Waals surface area (Å²) in [5.41, 5.74) is 2.89. The molecule has 1 aliphatic rings. The number of para-hydroxylation sites is 1. The summed E-state index contributed by atoms with van der Waals surface area (Å²) in [5.74, 6) is 0.655. The highest BCUT2D eigenvalue weighted by atomic mass is 35.5. The number of pyridine rings is 1. The molecule has 1 fully saturated rings. The summed E-state index contributed by atoms with van der Waals surface area (Å²) in [7, 11) is 6.80. The van der Waals surface area contributed by atoms with Gasteiger partial charge in [-0.1, -0.05) is 54.1 Å². The topological polar surface area (TPSA) is 128 Å². The first-order valence-corrected chi connectivity index (χ1v) is 16.8. The number of aryl methyl sites for hydroxylation is 1. The first-order chi connectivity index (χ1) is 23.9. The zero-order valence-electron chi connectivity index (χ0n) is 28.7. The Balaban J connectivity index is 1.55. The molecule has 13 heteroatoms. The molecule has 2 aromatic heterocycles. The summed E-state index contributed by atoms with van der Waals surface area (Å²) in [6.45, 7) is 6.50. The summed E-state index contributed by atoms with van der Waals surface area (Å²) in [6.07, 6.45) is 7.80. The fourth-order valence-corrected chi connectivity index (χ4v) is 6.70. The van der Waals surface area contributed by atoms with Crippen LogP contribution in [0.5, 0.6) is 11.5 Å². The van der Waals surface area contributed by atoms with E-state index in [4.69, 9.17) is 37.7 Å². The fourth-order valence-electron chi connectivity index (χ4n) is 6.00. The van der Waals surface area contributed by atoms with Crippen molar-refractivity contribution in [1.82, 2.24) is 24.8 Å². The largest absolute Gasteiger partial charge is 0.495 e. The molecule has 11 nitrogen and oxygen atoms in total. The molecule has 1 amide bonds. The van der Waals surface area contributed by atoms with Crippen LogP contribution in [0.3, 0.4) is 0 Å². The first-order valence-electron chi connectivity index (χ1n) is 16.1. The number of anilines is 2. The maximum absolute atomic E-state index is 14.5. The molecule has 50 heavy (non-hydrogen) atoms. The number of ether oxygens (including phenoxy) is 2. The number of aromatic nitrogens is 3. The molecular weight excluding hydrogens is 679 g/mol. The van der Waals surface area contributed by atoms with Crippen molar-refractivity contribution in [3.05, 3.63) is 92.9 Å². The Kier molecular flexibility index (Phi) is 11.6. The third-order valence-electron chi connectivity index (χ3n) is 8.62. The number of allylic oxidation sites excluding steroid dienone is 1. The fraction of sp³-hybridized carbons (Fsp3) is 0.324. The Morgan fingerprint density at radius 1 is 1.12 bits per heavy atom. The number of nitrogens with zero attached hydrogens (tertiary/aromatic N) is 4. The van der Waals surface area contributed by atoms with Crippen LogP contribution < -0.4 is 25.7 Å². The highest BCUT2D eigenvalue weighted by Crippen LogP contribution is 2.45. The minimum Gasteiger partial charge on any atom is -0.495 e. The highest BCUT2D eigenvalue weighted by Gasteiger charge is 2.32. The zero-order valence-corrected chi connectivity index (χ0v) is 30.2. The quantitative estimate of drug-likeness (QED) is 0.148. The van der Waals surface area contributed by atoms with Gasteiger partial charge in [-0.15, -0.1) is 0 Å². The molecule has 0 unspecified atom stereocenters. The number of likely N-dealkylation sites (N-methyl/N-ethyl adjacent to an activating group) is 1. The van der Waals surface area contributed by atoms with Crippen molar-refractivity contribution < 1.29 is 19.1 Å². The van der Waals surface area contributed by atoms with Crippen LogP contribution in [0.2, 0.25) is 10.0 Å². The van der Waals surface area contributed by atoms with E-state index in [1.165, 1.54) is 20.3 Å². The number of hydrogen-bond donors (Lipinski definition) is 2. The van der Waals surface area contributed by atoms with Gasteiger partial charge >= 0.3 is 0 Å². The normalized spacial score (nSPS) is 15.6. The van der Waals surface area contributed by atoms with E-state index < -0.39 is 0 Å². The van der Waals surface area contributed by atoms with E-state index in [1.807, 2.05) is 50.2 Å². The number of fused-ring (bicyclic) bond motifs is 1. The second-order valence-electron chi connectivity index (χ2n) is 12.5. The van der Waals surface area contributed by atoms with E-state index in [9.17, 15) is 14.4 Å². The van der Waals surface area contributed by atoms with E-state index in [2.05, 4.69) is 22.2 Å². The van der Waals surface area contributed by atoms with Gasteiger partial charge in [0.1, 0.15) is 17.1 Å². The number of benzene rings is 2. The summed E-state index contributed by atoms with van der Waals surface area (Å²) < 4.78 is 12.6. The predicted molar refractivity (Wildman–Crippen MR) is 198 cm³/mol. The Labute approximate surface area is 300 Å². The summed E-state index contributed by atoms with van der Waals surface area (Å²) >= 11 is 13.6. The maximum atomic E-state index is 14.5. The van der Waals surface area contributed by atoms with Crippen molar-refractivity contribution in [1.29, 1.82) is 0 Å². The molecule has 0 spiro atoms. The molecule has 1 saturated carbocycles. The van der Waals surface area contributed by atoms with Gasteiger partial charge in [-0.3, -0.25) is 19.0 Å². The van der Waals surface area contributed by atoms with Crippen LogP contribution in [-0.4, -0.2) is 72.0 Å². The molecule has 2 aromatic carbocycles. The lowest BCUT2D eigenvalue weighted by Crippen LogP contribution is -2.45. The third kappa shape index (κ3) is 8.01. The van der Waals surface area contributed by atoms with Gasteiger partial charge in [-0.25, -0.2) is 4.98 Å². The van der Waals surface area contributed by atoms with Crippen molar-refractivity contribution in [2.75, 3.05) is 40.2 Å². The van der Waals surface area contributed by atoms with E-state index in [-0.39, 0.29) is 62.8 Å². The van der Waals surface area contributed by atoms with Crippen LogP contribution in [0, 0.1) is 12.8 Å². The smallest absolute Gasteiger partial charge is 0.260 e. The van der Waals surface area contributed by atoms with Gasteiger partial charge in [0.2, 0.25) is 11.9 Å². The van der Waals surface area contributed by atoms with Gasteiger partial charge < -0.3 is 25.0 Å². The lowest BCUT2D eigenvalue weighted by molar-refractivity contribution is -0.118. The van der Waals surface area contributed by atoms with E-state index in [0.717, 1.165) is 11.1 Å². The molecule has 5 rings (SSSR count). The average Bonchev–Trinajstić information content (AvgIpc) is 3.06. The second kappa shape index (κ2) is 15.9. The number of halogens is 2. The molecule has 0 radical (unpaired) electrons. The number of nitrogens with one attached hydrogen (secondary N) is 2. The molecule has 0 bridgehead atoms. The van der Waals surface area contributed by atoms with Crippen molar-refractivity contribution in [3.63, 3.8) is 0 Å². The number of amides is 1. The molecule has 1 aliphatic carbocycles. The van der Waals surface area contributed by atoms with Gasteiger partial charge in [0, 0.05) is 60.5 Å². The van der Waals surface area contributed by atoms with Crippen molar-refractivity contribution >= 4 is 57.6 Å². The summed E-state index contributed by atoms with van der Waals surface area (Å²) in [6, 6.07) is 8.88. The SMILES string of the molecule is C=CC(=O)Cc1cccc(C)c1Nc1ncc2cc(-c3c(Cl)c(OC)cc(OC)c3Cl)c(=O)n(CC3CC(NC(=O)/C=C/CN(C)C)C3)c2n1. The van der Waals surface area contributed by atoms with Crippen molar-refractivity contribution in [2.45, 2.75) is 38.8 Å². The van der Waals surface area contributed by atoms with Crippen LogP contribution in [-0.2, 0) is 22.6 Å². The number of carbonyl (C=O) groups excluding carboxylic acids is 2. The van der Waals surface area contributed by atoms with Crippen LogP contribution in [0.15, 0.2) is 66.1 Å². The van der Waals surface area contributed by atoms with Gasteiger partial charge in [0.25, 0.3) is 5.56 Å². The number of rotatable bonds is 14. The highest BCUT2D eigenvalue weighted by molar-refractivity contribution is 6.41. The summed E-state index contributed by atoms with van der Waals surface area (Å²) in [4.78, 5) is 50.5. The molecule has 4 aromatic rings. The maximum Gasteiger partial charge on any atom is 0.260 e. The van der Waals surface area contributed by atoms with Gasteiger partial charge in [-0.2, -0.15) is 4.98 Å². The third-order valence-corrected chi connectivity index (χ3v) is 9.37. The minimum atomic E-state index is -0.367. The van der Waals surface area contributed by atoms with Crippen LogP contribution in [0.4, 0.5) is 11.6 Å². The monoisotopic (exact) mass is 718 g/mol. The molecule has 2 N–H and O–H groups in total. The lowest BCUT2D eigenvalue weighted by atomic mass is 9.80. The Morgan fingerprint density at radius 3 is 2.46 bits per heavy atom. The van der Waals surface area contributed by atoms with Crippen molar-refractivity contribution in [3.8, 4) is 22.6 Å². The van der Waals surface area contributed by atoms with E-state index in [0.29, 0.717) is 54.2 Å². The number of methoxy groups -OCH3 is 2. The molecule has 2 heterocycles. The number of hydrogen-bond acceptors (Lipinski definition) is 9. The Morgan fingerprint density at radius 2 is 1.82 bits per heavy atom. The van der Waals surface area contributed by atoms with Crippen LogP contribution >= 0.6 is 23.2 Å². The minimum absolute atomic E-state index is 0.0159. The molecule has 0 aliphatic heterocycles. The van der Waals surface area contributed by atoms with Crippen molar-refractivity contribution in [2.24, 2.45) is 5.92 Å². The molecule has 0 atom stereocenters. The molecule has 262 valence electrons. The Bertz CT molecular complexity index is 2010. The standard InChI is InChI=1S/C37H40Cl2N6O5/c1-7-26(46)16-23-11-8-10-21(2)34(23)42-37-40-19-24-17-27(31-32(38)28(49-5)18-29(50-6)33(31)39)36(48)45(35(24)43-37)20-22-14-25(15-22)41-30(47)12-9-13-44(3)4/h7-12,17-19,22,25H,1,13-16,20H2,2-6H3,(H,41,47)(H,40,42,43)/b12-9+. The van der Waals surface area contributed by atoms with Gasteiger partial charge in [-0.05, 0) is 63.0 Å². The average molecular weight is 720 g/mol. The molecular formula is C37H40Cl2N6O5. The number of carbonyl (C=O) groups is 2. The lowest BCUT2D eigenvalue weighted by Gasteiger charge is -2.36. The van der Waals surface area contributed by atoms with Crippen LogP contribution in [0.25, 0.3) is 22.2 Å². The second-order valence-corrected chi connectivity index (χ2v) is 13.3. The Hall–Kier alpha value is -4.71. The predicted octanol–water partition coefficient (Wildman–Crippen LogP) is 6.14. The van der Waals surface area contributed by atoms with E-state index in [1.54, 1.807) is 29.0 Å².